The summed E-state index contributed by atoms with van der Waals surface area (Å²) in [5.41, 5.74) is 1.84. The standard InChI is InChI=1S/C19H24ClN3O3/c1-3-25-19(24)23-10-9-22(13-14(23)2)8-7-17-12-18(26-21-17)15-5-4-6-16(20)11-15/h4-6,11-12,14H,3,7-10,13H2,1-2H3/t14-/m0/s1. The van der Waals surface area contributed by atoms with Gasteiger partial charge in [-0.2, -0.15) is 0 Å². The van der Waals surface area contributed by atoms with Crippen LogP contribution in [0.4, 0.5) is 4.79 Å². The molecule has 1 amide bonds. The highest BCUT2D eigenvalue weighted by molar-refractivity contribution is 6.30. The van der Waals surface area contributed by atoms with Crippen molar-refractivity contribution in [2.75, 3.05) is 32.8 Å². The summed E-state index contributed by atoms with van der Waals surface area (Å²) in [6.45, 7) is 7.52. The van der Waals surface area contributed by atoms with Gasteiger partial charge in [0, 0.05) is 55.3 Å². The summed E-state index contributed by atoms with van der Waals surface area (Å²) >= 11 is 6.03. The van der Waals surface area contributed by atoms with Gasteiger partial charge in [0.2, 0.25) is 0 Å². The number of nitrogens with zero attached hydrogens (tertiary/aromatic N) is 3. The summed E-state index contributed by atoms with van der Waals surface area (Å²) in [6, 6.07) is 9.64. The summed E-state index contributed by atoms with van der Waals surface area (Å²) in [4.78, 5) is 16.0. The number of carbonyl (C=O) groups excluding carboxylic acids is 1. The zero-order valence-corrected chi connectivity index (χ0v) is 15.9. The van der Waals surface area contributed by atoms with E-state index in [9.17, 15) is 4.79 Å². The minimum Gasteiger partial charge on any atom is -0.450 e. The van der Waals surface area contributed by atoms with Crippen LogP contribution in [0.15, 0.2) is 34.9 Å². The molecule has 0 unspecified atom stereocenters. The van der Waals surface area contributed by atoms with E-state index in [1.165, 1.54) is 0 Å². The number of ether oxygens (including phenoxy) is 1. The van der Waals surface area contributed by atoms with Gasteiger partial charge in [-0.05, 0) is 26.0 Å². The Morgan fingerprint density at radius 2 is 2.23 bits per heavy atom. The number of carbonyl (C=O) groups is 1. The van der Waals surface area contributed by atoms with E-state index in [1.54, 1.807) is 4.90 Å². The predicted molar refractivity (Wildman–Crippen MR) is 100 cm³/mol. The fraction of sp³-hybridized carbons (Fsp3) is 0.474. The molecule has 0 bridgehead atoms. The maximum absolute atomic E-state index is 11.9. The second-order valence-corrected chi connectivity index (χ2v) is 6.92. The molecule has 6 nitrogen and oxygen atoms in total. The smallest absolute Gasteiger partial charge is 0.410 e. The molecule has 26 heavy (non-hydrogen) atoms. The van der Waals surface area contributed by atoms with Crippen LogP contribution in [-0.4, -0.2) is 59.9 Å². The van der Waals surface area contributed by atoms with Crippen molar-refractivity contribution in [1.29, 1.82) is 0 Å². The van der Waals surface area contributed by atoms with Crippen LogP contribution in [0.1, 0.15) is 19.5 Å². The van der Waals surface area contributed by atoms with Crippen molar-refractivity contribution in [3.63, 3.8) is 0 Å². The van der Waals surface area contributed by atoms with Gasteiger partial charge in [0.05, 0.1) is 12.3 Å². The van der Waals surface area contributed by atoms with Crippen LogP contribution in [0, 0.1) is 0 Å². The highest BCUT2D eigenvalue weighted by Gasteiger charge is 2.28. The first-order valence-electron chi connectivity index (χ1n) is 8.94. The van der Waals surface area contributed by atoms with E-state index in [2.05, 4.69) is 17.0 Å². The number of halogens is 1. The molecule has 1 aromatic heterocycles. The van der Waals surface area contributed by atoms with Crippen molar-refractivity contribution < 1.29 is 14.1 Å². The first kappa shape index (κ1) is 18.7. The SMILES string of the molecule is CCOC(=O)N1CCN(CCc2cc(-c3cccc(Cl)c3)on2)C[C@@H]1C. The molecule has 1 atom stereocenters. The zero-order valence-electron chi connectivity index (χ0n) is 15.2. The van der Waals surface area contributed by atoms with Crippen LogP contribution in [0.5, 0.6) is 0 Å². The molecule has 2 heterocycles. The maximum Gasteiger partial charge on any atom is 0.410 e. The van der Waals surface area contributed by atoms with Crippen LogP contribution in [0.25, 0.3) is 11.3 Å². The van der Waals surface area contributed by atoms with E-state index < -0.39 is 0 Å². The Kier molecular flexibility index (Phi) is 6.16. The number of hydrogen-bond donors (Lipinski definition) is 0. The monoisotopic (exact) mass is 377 g/mol. The van der Waals surface area contributed by atoms with Crippen LogP contribution in [0.3, 0.4) is 0 Å². The molecule has 1 fully saturated rings. The van der Waals surface area contributed by atoms with Crippen molar-refractivity contribution >= 4 is 17.7 Å². The number of benzene rings is 1. The molecule has 1 saturated heterocycles. The second kappa shape index (κ2) is 8.56. The first-order chi connectivity index (χ1) is 12.6. The number of aromatic nitrogens is 1. The molecule has 0 aliphatic carbocycles. The largest absolute Gasteiger partial charge is 0.450 e. The molecule has 1 aliphatic rings. The highest BCUT2D eigenvalue weighted by atomic mass is 35.5. The van der Waals surface area contributed by atoms with Gasteiger partial charge in [-0.1, -0.05) is 28.9 Å². The van der Waals surface area contributed by atoms with Gasteiger partial charge in [0.15, 0.2) is 5.76 Å². The van der Waals surface area contributed by atoms with E-state index >= 15 is 0 Å². The molecule has 0 radical (unpaired) electrons. The van der Waals surface area contributed by atoms with Crippen LogP contribution in [0.2, 0.25) is 5.02 Å². The van der Waals surface area contributed by atoms with E-state index in [4.69, 9.17) is 20.9 Å². The Morgan fingerprint density at radius 1 is 1.38 bits per heavy atom. The van der Waals surface area contributed by atoms with Crippen molar-refractivity contribution in [1.82, 2.24) is 15.0 Å². The fourth-order valence-electron chi connectivity index (χ4n) is 3.19. The summed E-state index contributed by atoms with van der Waals surface area (Å²) in [5, 5.41) is 4.84. The first-order valence-corrected chi connectivity index (χ1v) is 9.32. The number of amides is 1. The lowest BCUT2D eigenvalue weighted by atomic mass is 10.1. The van der Waals surface area contributed by atoms with Crippen molar-refractivity contribution in [3.8, 4) is 11.3 Å². The van der Waals surface area contributed by atoms with E-state index in [0.29, 0.717) is 18.2 Å². The van der Waals surface area contributed by atoms with Gasteiger partial charge in [0.1, 0.15) is 0 Å². The Balaban J connectivity index is 1.52. The maximum atomic E-state index is 11.9. The molecule has 1 aliphatic heterocycles. The van der Waals surface area contributed by atoms with Crippen LogP contribution < -0.4 is 0 Å². The molecular formula is C19H24ClN3O3. The van der Waals surface area contributed by atoms with Crippen LogP contribution >= 0.6 is 11.6 Å². The topological polar surface area (TPSA) is 58.8 Å². The third-order valence-electron chi connectivity index (χ3n) is 4.57. The molecule has 0 saturated carbocycles. The molecule has 2 aromatic rings. The van der Waals surface area contributed by atoms with Crippen molar-refractivity contribution in [3.05, 3.63) is 41.0 Å². The minimum absolute atomic E-state index is 0.141. The summed E-state index contributed by atoms with van der Waals surface area (Å²) in [7, 11) is 0. The lowest BCUT2D eigenvalue weighted by Gasteiger charge is -2.39. The van der Waals surface area contributed by atoms with E-state index in [0.717, 1.165) is 43.1 Å². The normalized spacial score (nSPS) is 18.1. The number of hydrogen-bond acceptors (Lipinski definition) is 5. The van der Waals surface area contributed by atoms with E-state index in [1.807, 2.05) is 37.3 Å². The molecule has 1 aromatic carbocycles. The summed E-state index contributed by atoms with van der Waals surface area (Å²) in [6.07, 6.45) is 0.582. The molecule has 0 N–H and O–H groups in total. The van der Waals surface area contributed by atoms with Crippen LogP contribution in [-0.2, 0) is 11.2 Å². The van der Waals surface area contributed by atoms with Gasteiger partial charge in [0.25, 0.3) is 0 Å². The molecule has 3 rings (SSSR count). The third-order valence-corrected chi connectivity index (χ3v) is 4.80. The van der Waals surface area contributed by atoms with Gasteiger partial charge >= 0.3 is 6.09 Å². The number of piperazine rings is 1. The Bertz CT molecular complexity index is 749. The predicted octanol–water partition coefficient (Wildman–Crippen LogP) is 3.70. The minimum atomic E-state index is -0.220. The van der Waals surface area contributed by atoms with E-state index in [-0.39, 0.29) is 12.1 Å². The lowest BCUT2D eigenvalue weighted by molar-refractivity contribution is 0.0545. The molecular weight excluding hydrogens is 354 g/mol. The quantitative estimate of drug-likeness (QED) is 0.795. The Hall–Kier alpha value is -2.05. The van der Waals surface area contributed by atoms with Gasteiger partial charge in [-0.25, -0.2) is 4.79 Å². The average Bonchev–Trinajstić information content (AvgIpc) is 3.09. The van der Waals surface area contributed by atoms with Gasteiger partial charge < -0.3 is 14.2 Å². The third kappa shape index (κ3) is 4.56. The highest BCUT2D eigenvalue weighted by Crippen LogP contribution is 2.23. The second-order valence-electron chi connectivity index (χ2n) is 6.48. The fourth-order valence-corrected chi connectivity index (χ4v) is 3.38. The molecule has 140 valence electrons. The average molecular weight is 378 g/mol. The Morgan fingerprint density at radius 3 is 2.96 bits per heavy atom. The Labute approximate surface area is 158 Å². The number of rotatable bonds is 5. The van der Waals surface area contributed by atoms with Crippen molar-refractivity contribution in [2.24, 2.45) is 0 Å². The van der Waals surface area contributed by atoms with Gasteiger partial charge in [-0.3, -0.25) is 4.90 Å². The summed E-state index contributed by atoms with van der Waals surface area (Å²) in [5.74, 6) is 0.725. The summed E-state index contributed by atoms with van der Waals surface area (Å²) < 4.78 is 10.6. The van der Waals surface area contributed by atoms with Gasteiger partial charge in [-0.15, -0.1) is 0 Å². The molecule has 7 heteroatoms. The lowest BCUT2D eigenvalue weighted by Crippen LogP contribution is -2.54. The van der Waals surface area contributed by atoms with Crippen molar-refractivity contribution in [2.45, 2.75) is 26.3 Å². The zero-order chi connectivity index (χ0) is 18.5. The molecule has 0 spiro atoms.